The minimum atomic E-state index is -0.655. The van der Waals surface area contributed by atoms with Crippen molar-refractivity contribution in [1.29, 1.82) is 0 Å². The van der Waals surface area contributed by atoms with Crippen molar-refractivity contribution in [3.05, 3.63) is 12.2 Å². The fourth-order valence-corrected chi connectivity index (χ4v) is 5.82. The number of allylic oxidation sites excluding steroid dienone is 2. The molecule has 3 N–H and O–H groups in total. The first-order valence-electron chi connectivity index (χ1n) is 18.9. The van der Waals surface area contributed by atoms with Gasteiger partial charge in [-0.1, -0.05) is 174 Å². The third-order valence-corrected chi connectivity index (χ3v) is 8.78. The standard InChI is InChI=1S/C38H75NO3/c1-3-5-7-9-11-13-15-16-17-18-19-20-21-22-24-26-28-30-32-34-38(42)39-36(35-40)37(41)33-31-29-27-25-23-14-12-10-8-6-4-2/h18-19,36-37,40-41H,3-17,20-35H2,1-2H3,(H,39,42)/b19-18-. The van der Waals surface area contributed by atoms with Crippen molar-refractivity contribution in [2.24, 2.45) is 0 Å². The van der Waals surface area contributed by atoms with E-state index in [0.717, 1.165) is 25.7 Å². The molecular formula is C38H75NO3. The van der Waals surface area contributed by atoms with E-state index in [1.807, 2.05) is 0 Å². The molecule has 42 heavy (non-hydrogen) atoms. The molecule has 0 aliphatic heterocycles. The molecular weight excluding hydrogens is 518 g/mol. The molecule has 0 bridgehead atoms. The van der Waals surface area contributed by atoms with E-state index in [1.165, 1.54) is 154 Å². The van der Waals surface area contributed by atoms with Gasteiger partial charge in [-0.15, -0.1) is 0 Å². The van der Waals surface area contributed by atoms with Gasteiger partial charge in [0.1, 0.15) is 0 Å². The summed E-state index contributed by atoms with van der Waals surface area (Å²) in [5.41, 5.74) is 0. The number of carbonyl (C=O) groups excluding carboxylic acids is 1. The summed E-state index contributed by atoms with van der Waals surface area (Å²) in [4.78, 5) is 12.3. The predicted molar refractivity (Wildman–Crippen MR) is 184 cm³/mol. The molecule has 250 valence electrons. The molecule has 0 aromatic carbocycles. The van der Waals surface area contributed by atoms with E-state index >= 15 is 0 Å². The molecule has 4 heteroatoms. The molecule has 2 atom stereocenters. The predicted octanol–water partition coefficient (Wildman–Crippen LogP) is 11.1. The van der Waals surface area contributed by atoms with Crippen molar-refractivity contribution in [1.82, 2.24) is 5.32 Å². The van der Waals surface area contributed by atoms with Crippen LogP contribution in [0.1, 0.15) is 206 Å². The number of hydrogen-bond donors (Lipinski definition) is 3. The molecule has 1 amide bonds. The van der Waals surface area contributed by atoms with Crippen LogP contribution in [0.3, 0.4) is 0 Å². The van der Waals surface area contributed by atoms with Crippen molar-refractivity contribution in [2.45, 2.75) is 219 Å². The maximum Gasteiger partial charge on any atom is 0.220 e. The Morgan fingerprint density at radius 2 is 0.905 bits per heavy atom. The van der Waals surface area contributed by atoms with Crippen molar-refractivity contribution in [3.63, 3.8) is 0 Å². The summed E-state index contributed by atoms with van der Waals surface area (Å²) >= 11 is 0. The molecule has 0 spiro atoms. The van der Waals surface area contributed by atoms with Crippen LogP contribution in [0.4, 0.5) is 0 Å². The Kier molecular flexibility index (Phi) is 33.9. The van der Waals surface area contributed by atoms with Gasteiger partial charge in [-0.2, -0.15) is 0 Å². The van der Waals surface area contributed by atoms with Gasteiger partial charge in [0.15, 0.2) is 0 Å². The summed E-state index contributed by atoms with van der Waals surface area (Å²) in [6.45, 7) is 4.34. The first-order valence-corrected chi connectivity index (χ1v) is 18.9. The molecule has 0 aliphatic carbocycles. The van der Waals surface area contributed by atoms with E-state index in [-0.39, 0.29) is 12.5 Å². The third kappa shape index (κ3) is 30.6. The first kappa shape index (κ1) is 41.1. The largest absolute Gasteiger partial charge is 0.394 e. The van der Waals surface area contributed by atoms with Crippen molar-refractivity contribution in [3.8, 4) is 0 Å². The van der Waals surface area contributed by atoms with Crippen LogP contribution in [0.2, 0.25) is 0 Å². The average Bonchev–Trinajstić information content (AvgIpc) is 2.99. The van der Waals surface area contributed by atoms with Gasteiger partial charge in [-0.05, 0) is 38.5 Å². The fraction of sp³-hybridized carbons (Fsp3) is 0.921. The Balaban J connectivity index is 3.53. The molecule has 0 rings (SSSR count). The minimum absolute atomic E-state index is 0.0363. The SMILES string of the molecule is CCCCCCCCCC/C=C\CCCCCCCCCC(=O)NC(CO)C(O)CCCCCCCCCCCCC. The number of amides is 1. The molecule has 0 aromatic rings. The van der Waals surface area contributed by atoms with E-state index < -0.39 is 12.1 Å². The summed E-state index contributed by atoms with van der Waals surface area (Å²) in [6, 6.07) is -0.532. The Labute approximate surface area is 263 Å². The lowest BCUT2D eigenvalue weighted by Crippen LogP contribution is -2.45. The van der Waals surface area contributed by atoms with E-state index in [9.17, 15) is 15.0 Å². The highest BCUT2D eigenvalue weighted by atomic mass is 16.3. The van der Waals surface area contributed by atoms with Gasteiger partial charge in [0, 0.05) is 6.42 Å². The Bertz CT molecular complexity index is 565. The summed E-state index contributed by atoms with van der Waals surface area (Å²) in [7, 11) is 0. The lowest BCUT2D eigenvalue weighted by atomic mass is 10.0. The quantitative estimate of drug-likeness (QED) is 0.0513. The van der Waals surface area contributed by atoms with Gasteiger partial charge in [-0.25, -0.2) is 0 Å². The highest BCUT2D eigenvalue weighted by molar-refractivity contribution is 5.76. The summed E-state index contributed by atoms with van der Waals surface area (Å²) in [5, 5.41) is 23.0. The van der Waals surface area contributed by atoms with Gasteiger partial charge in [-0.3, -0.25) is 4.79 Å². The fourth-order valence-electron chi connectivity index (χ4n) is 5.82. The number of aliphatic hydroxyl groups is 2. The lowest BCUT2D eigenvalue weighted by Gasteiger charge is -2.22. The van der Waals surface area contributed by atoms with Crippen LogP contribution in [-0.2, 0) is 4.79 Å². The third-order valence-electron chi connectivity index (χ3n) is 8.78. The molecule has 0 aliphatic rings. The number of aliphatic hydroxyl groups excluding tert-OH is 2. The maximum atomic E-state index is 12.3. The van der Waals surface area contributed by atoms with E-state index in [4.69, 9.17) is 0 Å². The molecule has 0 fully saturated rings. The Morgan fingerprint density at radius 3 is 1.31 bits per heavy atom. The zero-order chi connectivity index (χ0) is 30.8. The van der Waals surface area contributed by atoms with Crippen LogP contribution in [0.5, 0.6) is 0 Å². The van der Waals surface area contributed by atoms with Crippen LogP contribution in [0.15, 0.2) is 12.2 Å². The zero-order valence-corrected chi connectivity index (χ0v) is 28.5. The normalized spacial score (nSPS) is 13.1. The second kappa shape index (κ2) is 34.6. The number of nitrogens with one attached hydrogen (secondary N) is 1. The highest BCUT2D eigenvalue weighted by Crippen LogP contribution is 2.15. The highest BCUT2D eigenvalue weighted by Gasteiger charge is 2.19. The van der Waals surface area contributed by atoms with E-state index in [1.54, 1.807) is 0 Å². The first-order chi connectivity index (χ1) is 20.7. The monoisotopic (exact) mass is 594 g/mol. The van der Waals surface area contributed by atoms with Crippen LogP contribution >= 0.6 is 0 Å². The summed E-state index contributed by atoms with van der Waals surface area (Å²) < 4.78 is 0. The van der Waals surface area contributed by atoms with Crippen molar-refractivity contribution in [2.75, 3.05) is 6.61 Å². The van der Waals surface area contributed by atoms with E-state index in [2.05, 4.69) is 31.3 Å². The maximum absolute atomic E-state index is 12.3. The zero-order valence-electron chi connectivity index (χ0n) is 28.5. The second-order valence-electron chi connectivity index (χ2n) is 13.0. The van der Waals surface area contributed by atoms with E-state index in [0.29, 0.717) is 12.8 Å². The molecule has 0 radical (unpaired) electrons. The number of carbonyl (C=O) groups is 1. The molecule has 0 heterocycles. The van der Waals surface area contributed by atoms with Crippen LogP contribution in [-0.4, -0.2) is 34.9 Å². The number of unbranched alkanes of at least 4 members (excludes halogenated alkanes) is 25. The van der Waals surface area contributed by atoms with Crippen LogP contribution in [0.25, 0.3) is 0 Å². The average molecular weight is 594 g/mol. The molecule has 2 unspecified atom stereocenters. The van der Waals surface area contributed by atoms with Gasteiger partial charge in [0.05, 0.1) is 18.8 Å². The van der Waals surface area contributed by atoms with Crippen molar-refractivity contribution >= 4 is 5.91 Å². The van der Waals surface area contributed by atoms with Gasteiger partial charge >= 0.3 is 0 Å². The van der Waals surface area contributed by atoms with Crippen molar-refractivity contribution < 1.29 is 15.0 Å². The molecule has 0 saturated carbocycles. The van der Waals surface area contributed by atoms with Crippen LogP contribution < -0.4 is 5.32 Å². The van der Waals surface area contributed by atoms with Gasteiger partial charge < -0.3 is 15.5 Å². The van der Waals surface area contributed by atoms with Gasteiger partial charge in [0.25, 0.3) is 0 Å². The topological polar surface area (TPSA) is 69.6 Å². The molecule has 0 aromatic heterocycles. The Hall–Kier alpha value is -0.870. The smallest absolute Gasteiger partial charge is 0.220 e. The second-order valence-corrected chi connectivity index (χ2v) is 13.0. The van der Waals surface area contributed by atoms with Crippen LogP contribution in [0, 0.1) is 0 Å². The summed E-state index contributed by atoms with van der Waals surface area (Å²) in [6.07, 6.45) is 41.2. The Morgan fingerprint density at radius 1 is 0.548 bits per heavy atom. The minimum Gasteiger partial charge on any atom is -0.394 e. The molecule has 4 nitrogen and oxygen atoms in total. The number of hydrogen-bond acceptors (Lipinski definition) is 3. The number of rotatable bonds is 34. The van der Waals surface area contributed by atoms with Gasteiger partial charge in [0.2, 0.25) is 5.91 Å². The summed E-state index contributed by atoms with van der Waals surface area (Å²) in [5.74, 6) is -0.0363. The lowest BCUT2D eigenvalue weighted by molar-refractivity contribution is -0.123. The molecule has 0 saturated heterocycles.